The zero-order valence-electron chi connectivity index (χ0n) is 12.6. The van der Waals surface area contributed by atoms with Gasteiger partial charge >= 0.3 is 0 Å². The van der Waals surface area contributed by atoms with Gasteiger partial charge in [0, 0.05) is 10.6 Å². The summed E-state index contributed by atoms with van der Waals surface area (Å²) in [5.74, 6) is 0. The minimum absolute atomic E-state index is 0.294. The molecule has 3 aromatic carbocycles. The monoisotopic (exact) mass is 315 g/mol. The fraction of sp³-hybridized carbons (Fsp3) is 0.0476. The van der Waals surface area contributed by atoms with Crippen molar-refractivity contribution in [3.05, 3.63) is 102 Å². The molecule has 0 amide bonds. The molecule has 1 nitrogen and oxygen atoms in total. The highest BCUT2D eigenvalue weighted by atomic mass is 32.2. The fourth-order valence-electron chi connectivity index (χ4n) is 2.77. The third-order valence-corrected chi connectivity index (χ3v) is 5.21. The average molecular weight is 315 g/mol. The Balaban J connectivity index is 1.82. The molecule has 4 rings (SSSR count). The summed E-state index contributed by atoms with van der Waals surface area (Å²) in [7, 11) is 0. The van der Waals surface area contributed by atoms with Crippen molar-refractivity contribution in [3.63, 3.8) is 0 Å². The van der Waals surface area contributed by atoms with Crippen LogP contribution in [0.1, 0.15) is 16.4 Å². The van der Waals surface area contributed by atoms with Crippen LogP contribution < -0.4 is 5.32 Å². The van der Waals surface area contributed by atoms with E-state index in [0.29, 0.717) is 5.25 Å². The van der Waals surface area contributed by atoms with Gasteiger partial charge < -0.3 is 5.32 Å². The molecule has 1 N–H and O–H groups in total. The van der Waals surface area contributed by atoms with Crippen molar-refractivity contribution >= 4 is 23.1 Å². The summed E-state index contributed by atoms with van der Waals surface area (Å²) in [4.78, 5) is 1.28. The van der Waals surface area contributed by atoms with Crippen molar-refractivity contribution in [2.45, 2.75) is 10.1 Å². The maximum atomic E-state index is 3.62. The summed E-state index contributed by atoms with van der Waals surface area (Å²) in [5.41, 5.74) is 4.87. The van der Waals surface area contributed by atoms with E-state index in [1.54, 1.807) is 0 Å². The SMILES string of the molecule is C1=C(c2ccccc2)Nc2ccccc2S[C@@H]1c1ccccc1. The number of hydrogen-bond acceptors (Lipinski definition) is 2. The lowest BCUT2D eigenvalue weighted by Gasteiger charge is -2.12. The van der Waals surface area contributed by atoms with Crippen LogP contribution in [0.5, 0.6) is 0 Å². The minimum atomic E-state index is 0.294. The van der Waals surface area contributed by atoms with Crippen molar-refractivity contribution in [2.75, 3.05) is 5.32 Å². The molecule has 1 aliphatic heterocycles. The Hall–Kier alpha value is -2.45. The van der Waals surface area contributed by atoms with E-state index in [2.05, 4.69) is 96.3 Å². The number of anilines is 1. The Labute approximate surface area is 141 Å². The van der Waals surface area contributed by atoms with Crippen molar-refractivity contribution < 1.29 is 0 Å². The van der Waals surface area contributed by atoms with Crippen molar-refractivity contribution in [3.8, 4) is 0 Å². The second-order valence-corrected chi connectivity index (χ2v) is 6.70. The first kappa shape index (κ1) is 14.2. The fourth-order valence-corrected chi connectivity index (χ4v) is 3.95. The molecule has 0 spiro atoms. The minimum Gasteiger partial charge on any atom is -0.354 e. The Bertz CT molecular complexity index is 825. The van der Waals surface area contributed by atoms with Gasteiger partial charge in [0.2, 0.25) is 0 Å². The first-order chi connectivity index (χ1) is 11.4. The summed E-state index contributed by atoms with van der Waals surface area (Å²) in [5, 5.41) is 3.91. The normalized spacial score (nSPS) is 16.7. The molecule has 0 unspecified atom stereocenters. The number of benzene rings is 3. The van der Waals surface area contributed by atoms with Gasteiger partial charge in [-0.2, -0.15) is 0 Å². The highest BCUT2D eigenvalue weighted by Gasteiger charge is 2.19. The molecule has 112 valence electrons. The predicted octanol–water partition coefficient (Wildman–Crippen LogP) is 5.99. The van der Waals surface area contributed by atoms with Crippen LogP contribution in [0.2, 0.25) is 0 Å². The van der Waals surface area contributed by atoms with Crippen LogP contribution in [0, 0.1) is 0 Å². The van der Waals surface area contributed by atoms with Gasteiger partial charge in [-0.25, -0.2) is 0 Å². The zero-order chi connectivity index (χ0) is 15.5. The molecular weight excluding hydrogens is 298 g/mol. The summed E-state index contributed by atoms with van der Waals surface area (Å²) in [6, 6.07) is 29.7. The number of rotatable bonds is 2. The van der Waals surface area contributed by atoms with Crippen LogP contribution in [0.4, 0.5) is 5.69 Å². The lowest BCUT2D eigenvalue weighted by molar-refractivity contribution is 1.23. The molecule has 0 bridgehead atoms. The van der Waals surface area contributed by atoms with E-state index in [1.165, 1.54) is 21.7 Å². The molecule has 23 heavy (non-hydrogen) atoms. The second kappa shape index (κ2) is 6.35. The summed E-state index contributed by atoms with van der Waals surface area (Å²) in [6.07, 6.45) is 2.33. The molecule has 1 heterocycles. The lowest BCUT2D eigenvalue weighted by atomic mass is 10.1. The molecule has 0 saturated heterocycles. The maximum Gasteiger partial charge on any atom is 0.0548 e. The molecular formula is C21H17NS. The highest BCUT2D eigenvalue weighted by Crippen LogP contribution is 2.44. The van der Waals surface area contributed by atoms with Crippen LogP contribution in [0.15, 0.2) is 95.9 Å². The van der Waals surface area contributed by atoms with E-state index < -0.39 is 0 Å². The molecule has 0 aromatic heterocycles. The van der Waals surface area contributed by atoms with Gasteiger partial charge in [0.25, 0.3) is 0 Å². The van der Waals surface area contributed by atoms with E-state index in [1.807, 2.05) is 11.8 Å². The molecule has 3 aromatic rings. The van der Waals surface area contributed by atoms with Crippen molar-refractivity contribution in [1.29, 1.82) is 0 Å². The molecule has 1 atom stereocenters. The topological polar surface area (TPSA) is 12.0 Å². The second-order valence-electron chi connectivity index (χ2n) is 5.52. The summed E-state index contributed by atoms with van der Waals surface area (Å²) < 4.78 is 0. The van der Waals surface area contributed by atoms with Crippen molar-refractivity contribution in [2.24, 2.45) is 0 Å². The van der Waals surface area contributed by atoms with Crippen LogP contribution in [-0.4, -0.2) is 0 Å². The van der Waals surface area contributed by atoms with Gasteiger partial charge in [-0.05, 0) is 29.3 Å². The van der Waals surface area contributed by atoms with E-state index in [4.69, 9.17) is 0 Å². The predicted molar refractivity (Wildman–Crippen MR) is 99.5 cm³/mol. The number of hydrogen-bond donors (Lipinski definition) is 1. The standard InChI is InChI=1S/C21H17NS/c1-3-9-16(10-4-1)19-15-21(17-11-5-2-6-12-17)23-20-14-8-7-13-18(20)22-19/h1-15,21-22H/t21-/m0/s1. The van der Waals surface area contributed by atoms with Gasteiger partial charge in [0.1, 0.15) is 0 Å². The Morgan fingerprint density at radius 2 is 1.35 bits per heavy atom. The molecule has 0 saturated carbocycles. The third-order valence-electron chi connectivity index (χ3n) is 3.94. The quantitative estimate of drug-likeness (QED) is 0.623. The first-order valence-corrected chi connectivity index (χ1v) is 8.63. The molecule has 1 aliphatic rings. The third kappa shape index (κ3) is 3.03. The zero-order valence-corrected chi connectivity index (χ0v) is 13.5. The molecule has 2 heteroatoms. The largest absolute Gasteiger partial charge is 0.354 e. The average Bonchev–Trinajstić information content (AvgIpc) is 2.83. The number of fused-ring (bicyclic) bond motifs is 1. The lowest BCUT2D eigenvalue weighted by Crippen LogP contribution is -1.99. The van der Waals surface area contributed by atoms with Crippen molar-refractivity contribution in [1.82, 2.24) is 0 Å². The number of thioether (sulfide) groups is 1. The summed E-state index contributed by atoms with van der Waals surface area (Å²) in [6.45, 7) is 0. The van der Waals surface area contributed by atoms with Gasteiger partial charge in [0.05, 0.1) is 10.9 Å². The maximum absolute atomic E-state index is 3.62. The van der Waals surface area contributed by atoms with Crippen LogP contribution in [-0.2, 0) is 0 Å². The van der Waals surface area contributed by atoms with E-state index in [9.17, 15) is 0 Å². The van der Waals surface area contributed by atoms with Crippen LogP contribution in [0.25, 0.3) is 5.70 Å². The molecule has 0 radical (unpaired) electrons. The van der Waals surface area contributed by atoms with E-state index in [0.717, 1.165) is 5.70 Å². The molecule has 0 aliphatic carbocycles. The van der Waals surface area contributed by atoms with Crippen LogP contribution >= 0.6 is 11.8 Å². The highest BCUT2D eigenvalue weighted by molar-refractivity contribution is 7.99. The van der Waals surface area contributed by atoms with E-state index in [-0.39, 0.29) is 0 Å². The van der Waals surface area contributed by atoms with Gasteiger partial charge in [-0.3, -0.25) is 0 Å². The Morgan fingerprint density at radius 3 is 2.13 bits per heavy atom. The smallest absolute Gasteiger partial charge is 0.0548 e. The summed E-state index contributed by atoms with van der Waals surface area (Å²) >= 11 is 1.89. The van der Waals surface area contributed by atoms with E-state index >= 15 is 0 Å². The number of para-hydroxylation sites is 1. The number of nitrogens with one attached hydrogen (secondary N) is 1. The van der Waals surface area contributed by atoms with Crippen LogP contribution in [0.3, 0.4) is 0 Å². The van der Waals surface area contributed by atoms with Gasteiger partial charge in [-0.1, -0.05) is 72.8 Å². The molecule has 0 fully saturated rings. The van der Waals surface area contributed by atoms with Gasteiger partial charge in [-0.15, -0.1) is 11.8 Å². The first-order valence-electron chi connectivity index (χ1n) is 7.75. The Morgan fingerprint density at radius 1 is 0.696 bits per heavy atom. The Kier molecular flexibility index (Phi) is 3.91. The van der Waals surface area contributed by atoms with Gasteiger partial charge in [0.15, 0.2) is 0 Å².